The van der Waals surface area contributed by atoms with Crippen LogP contribution in [0.15, 0.2) is 12.2 Å². The van der Waals surface area contributed by atoms with Crippen LogP contribution in [0.2, 0.25) is 0 Å². The minimum Gasteiger partial charge on any atom is -0.481 e. The number of nitrogens with zero attached hydrogens (tertiary/aromatic N) is 1. The Balaban J connectivity index is 1.87. The second-order valence-electron chi connectivity index (χ2n) is 5.11. The van der Waals surface area contributed by atoms with E-state index in [1.165, 1.54) is 4.90 Å². The van der Waals surface area contributed by atoms with Crippen LogP contribution in [0.3, 0.4) is 0 Å². The van der Waals surface area contributed by atoms with E-state index in [4.69, 9.17) is 5.11 Å². The molecular formula is C12H18N2O5S. The van der Waals surface area contributed by atoms with E-state index in [1.54, 1.807) is 12.2 Å². The lowest BCUT2D eigenvalue weighted by atomic mass is 10.1. The summed E-state index contributed by atoms with van der Waals surface area (Å²) < 4.78 is 22.9. The summed E-state index contributed by atoms with van der Waals surface area (Å²) in [6, 6.07) is -0.633. The average Bonchev–Trinajstić information content (AvgIpc) is 2.74. The Morgan fingerprint density at radius 2 is 1.95 bits per heavy atom. The van der Waals surface area contributed by atoms with Crippen LogP contribution in [0, 0.1) is 5.92 Å². The van der Waals surface area contributed by atoms with Crippen LogP contribution in [-0.2, 0) is 14.6 Å². The molecule has 112 valence electrons. The Morgan fingerprint density at radius 3 is 2.60 bits per heavy atom. The Labute approximate surface area is 117 Å². The number of urea groups is 1. The first-order valence-electron chi connectivity index (χ1n) is 6.54. The molecule has 20 heavy (non-hydrogen) atoms. The highest BCUT2D eigenvalue weighted by Gasteiger charge is 2.28. The van der Waals surface area contributed by atoms with Crippen molar-refractivity contribution in [3.63, 3.8) is 0 Å². The summed E-state index contributed by atoms with van der Waals surface area (Å²) in [6.07, 6.45) is 4.02. The topological polar surface area (TPSA) is 104 Å². The van der Waals surface area contributed by atoms with Crippen LogP contribution in [-0.4, -0.2) is 61.1 Å². The molecule has 0 aromatic rings. The van der Waals surface area contributed by atoms with E-state index in [1.807, 2.05) is 0 Å². The summed E-state index contributed by atoms with van der Waals surface area (Å²) in [5.74, 6) is -1.37. The van der Waals surface area contributed by atoms with Gasteiger partial charge in [-0.25, -0.2) is 13.2 Å². The first kappa shape index (κ1) is 14.8. The Morgan fingerprint density at radius 1 is 1.20 bits per heavy atom. The molecular weight excluding hydrogens is 284 g/mol. The summed E-state index contributed by atoms with van der Waals surface area (Å²) in [5.41, 5.74) is 0. The van der Waals surface area contributed by atoms with Gasteiger partial charge in [0.1, 0.15) is 0 Å². The maximum Gasteiger partial charge on any atom is 0.317 e. The number of hydrogen-bond acceptors (Lipinski definition) is 4. The number of amides is 2. The van der Waals surface area contributed by atoms with Crippen molar-refractivity contribution in [2.24, 2.45) is 5.92 Å². The number of hydrogen-bond donors (Lipinski definition) is 2. The van der Waals surface area contributed by atoms with Crippen LogP contribution >= 0.6 is 0 Å². The number of nitrogens with one attached hydrogen (secondary N) is 1. The van der Waals surface area contributed by atoms with Gasteiger partial charge in [-0.05, 0) is 12.8 Å². The van der Waals surface area contributed by atoms with Crippen molar-refractivity contribution in [1.82, 2.24) is 10.2 Å². The van der Waals surface area contributed by atoms with E-state index in [0.29, 0.717) is 19.4 Å². The third-order valence-electron chi connectivity index (χ3n) is 3.55. The van der Waals surface area contributed by atoms with E-state index in [2.05, 4.69) is 5.32 Å². The van der Waals surface area contributed by atoms with Gasteiger partial charge in [-0.3, -0.25) is 4.79 Å². The van der Waals surface area contributed by atoms with E-state index in [9.17, 15) is 18.0 Å². The predicted molar refractivity (Wildman–Crippen MR) is 72.0 cm³/mol. The predicted octanol–water partition coefficient (Wildman–Crippen LogP) is -0.154. The fourth-order valence-electron chi connectivity index (χ4n) is 2.38. The SMILES string of the molecule is O=C(O)C1C=CC(NC(=O)N2CCCS(=O)(=O)CC2)C1. The molecule has 2 N–H and O–H groups in total. The molecule has 0 spiro atoms. The highest BCUT2D eigenvalue weighted by Crippen LogP contribution is 2.18. The van der Waals surface area contributed by atoms with Crippen LogP contribution in [0.5, 0.6) is 0 Å². The Hall–Kier alpha value is -1.57. The number of sulfone groups is 1. The van der Waals surface area contributed by atoms with Gasteiger partial charge < -0.3 is 15.3 Å². The van der Waals surface area contributed by atoms with Gasteiger partial charge in [-0.2, -0.15) is 0 Å². The average molecular weight is 302 g/mol. The molecule has 1 fully saturated rings. The zero-order valence-electron chi connectivity index (χ0n) is 11.0. The maximum atomic E-state index is 12.0. The Kier molecular flexibility index (Phi) is 4.32. The number of rotatable bonds is 2. The third-order valence-corrected chi connectivity index (χ3v) is 5.27. The van der Waals surface area contributed by atoms with Crippen LogP contribution in [0.1, 0.15) is 12.8 Å². The molecule has 0 saturated carbocycles. The normalized spacial score (nSPS) is 28.9. The quantitative estimate of drug-likeness (QED) is 0.690. The molecule has 2 unspecified atom stereocenters. The molecule has 0 radical (unpaired) electrons. The van der Waals surface area contributed by atoms with Gasteiger partial charge in [-0.15, -0.1) is 0 Å². The van der Waals surface area contributed by atoms with Crippen molar-refractivity contribution in [3.8, 4) is 0 Å². The van der Waals surface area contributed by atoms with Crippen molar-refractivity contribution in [2.45, 2.75) is 18.9 Å². The molecule has 2 rings (SSSR count). The van der Waals surface area contributed by atoms with E-state index < -0.39 is 21.7 Å². The molecule has 0 bridgehead atoms. The zero-order valence-corrected chi connectivity index (χ0v) is 11.8. The number of carboxylic acids is 1. The molecule has 2 atom stereocenters. The van der Waals surface area contributed by atoms with Crippen LogP contribution in [0.25, 0.3) is 0 Å². The lowest BCUT2D eigenvalue weighted by Crippen LogP contribution is -2.45. The molecule has 7 nitrogen and oxygen atoms in total. The highest BCUT2D eigenvalue weighted by molar-refractivity contribution is 7.91. The van der Waals surface area contributed by atoms with Gasteiger partial charge in [0.2, 0.25) is 0 Å². The summed E-state index contributed by atoms with van der Waals surface area (Å²) in [4.78, 5) is 24.3. The summed E-state index contributed by atoms with van der Waals surface area (Å²) in [6.45, 7) is 0.594. The van der Waals surface area contributed by atoms with Crippen LogP contribution < -0.4 is 5.32 Å². The third kappa shape index (κ3) is 3.72. The molecule has 8 heteroatoms. The fourth-order valence-corrected chi connectivity index (χ4v) is 3.65. The fraction of sp³-hybridized carbons (Fsp3) is 0.667. The monoisotopic (exact) mass is 302 g/mol. The molecule has 1 aliphatic carbocycles. The van der Waals surface area contributed by atoms with Crippen molar-refractivity contribution in [3.05, 3.63) is 12.2 Å². The van der Waals surface area contributed by atoms with Crippen LogP contribution in [0.4, 0.5) is 4.79 Å². The van der Waals surface area contributed by atoms with Gasteiger partial charge in [0, 0.05) is 13.1 Å². The number of aliphatic carboxylic acids is 1. The molecule has 2 amide bonds. The second-order valence-corrected chi connectivity index (χ2v) is 7.42. The van der Waals surface area contributed by atoms with E-state index in [-0.39, 0.29) is 30.1 Å². The lowest BCUT2D eigenvalue weighted by molar-refractivity contribution is -0.140. The number of carbonyl (C=O) groups is 2. The molecule has 2 aliphatic rings. The lowest BCUT2D eigenvalue weighted by Gasteiger charge is -2.22. The van der Waals surface area contributed by atoms with Crippen molar-refractivity contribution >= 4 is 21.8 Å². The van der Waals surface area contributed by atoms with Crippen molar-refractivity contribution in [1.29, 1.82) is 0 Å². The maximum absolute atomic E-state index is 12.0. The standard InChI is InChI=1S/C12H18N2O5S/c15-11(16)9-2-3-10(8-9)13-12(17)14-4-1-6-20(18,19)7-5-14/h2-3,9-10H,1,4-8H2,(H,13,17)(H,15,16). The van der Waals surface area contributed by atoms with Gasteiger partial charge in [-0.1, -0.05) is 12.2 Å². The molecule has 1 aliphatic heterocycles. The molecule has 1 heterocycles. The molecule has 0 aromatic carbocycles. The second kappa shape index (κ2) is 5.82. The zero-order chi connectivity index (χ0) is 14.8. The largest absolute Gasteiger partial charge is 0.481 e. The number of carbonyl (C=O) groups excluding carboxylic acids is 1. The van der Waals surface area contributed by atoms with E-state index in [0.717, 1.165) is 0 Å². The minimum absolute atomic E-state index is 0.0152. The minimum atomic E-state index is -3.05. The van der Waals surface area contributed by atoms with Gasteiger partial charge in [0.05, 0.1) is 23.5 Å². The van der Waals surface area contributed by atoms with Gasteiger partial charge >= 0.3 is 12.0 Å². The van der Waals surface area contributed by atoms with E-state index >= 15 is 0 Å². The summed E-state index contributed by atoms with van der Waals surface area (Å²) in [7, 11) is -3.05. The smallest absolute Gasteiger partial charge is 0.317 e. The molecule has 0 aromatic heterocycles. The summed E-state index contributed by atoms with van der Waals surface area (Å²) in [5, 5.41) is 11.6. The Bertz CT molecular complexity index is 528. The molecule has 1 saturated heterocycles. The first-order valence-corrected chi connectivity index (χ1v) is 8.36. The number of carboxylic acid groups (broad SMARTS) is 1. The van der Waals surface area contributed by atoms with Crippen molar-refractivity contribution in [2.75, 3.05) is 24.6 Å². The summed E-state index contributed by atoms with van der Waals surface area (Å²) >= 11 is 0. The van der Waals surface area contributed by atoms with Gasteiger partial charge in [0.25, 0.3) is 0 Å². The van der Waals surface area contributed by atoms with Crippen molar-refractivity contribution < 1.29 is 23.1 Å². The first-order chi connectivity index (χ1) is 9.37. The highest BCUT2D eigenvalue weighted by atomic mass is 32.2. The van der Waals surface area contributed by atoms with Gasteiger partial charge in [0.15, 0.2) is 9.84 Å².